The number of hydrogen-bond acceptors (Lipinski definition) is 3. The topological polar surface area (TPSA) is 83.5 Å². The van der Waals surface area contributed by atoms with Crippen LogP contribution in [0.3, 0.4) is 0 Å². The largest absolute Gasteiger partial charge is 0.355 e. The van der Waals surface area contributed by atoms with Crippen LogP contribution in [0.15, 0.2) is 0 Å². The van der Waals surface area contributed by atoms with Gasteiger partial charge in [0, 0.05) is 11.3 Å². The quantitative estimate of drug-likeness (QED) is 0.649. The molecule has 1 aliphatic rings. The van der Waals surface area contributed by atoms with E-state index in [9.17, 15) is 14.4 Å². The molecule has 2 atom stereocenters. The molecule has 0 aliphatic carbocycles. The number of Topliss-reactive ketones (excluding diaryl/α,β-unsaturated/α-hetero) is 2. The van der Waals surface area contributed by atoms with Crippen molar-refractivity contribution in [3.8, 4) is 0 Å². The molecule has 1 fully saturated rings. The molecule has 1 unspecified atom stereocenters. The highest BCUT2D eigenvalue weighted by Gasteiger charge is 2.32. The number of carbonyl (C=O) groups is 3. The van der Waals surface area contributed by atoms with E-state index >= 15 is 0 Å². The summed E-state index contributed by atoms with van der Waals surface area (Å²) in [5.41, 5.74) is 2.51. The van der Waals surface area contributed by atoms with Crippen LogP contribution in [0, 0.1) is 13.8 Å². The van der Waals surface area contributed by atoms with E-state index in [0.29, 0.717) is 29.9 Å². The van der Waals surface area contributed by atoms with Gasteiger partial charge < -0.3 is 15.2 Å². The summed E-state index contributed by atoms with van der Waals surface area (Å²) in [6.07, 6.45) is 0. The smallest absolute Gasteiger partial charge is 0.275 e. The van der Waals surface area contributed by atoms with E-state index < -0.39 is 0 Å². The summed E-state index contributed by atoms with van der Waals surface area (Å²) in [4.78, 5) is 39.8. The van der Waals surface area contributed by atoms with Crippen LogP contribution in [-0.4, -0.2) is 48.1 Å². The highest BCUT2D eigenvalue weighted by Crippen LogP contribution is 2.19. The van der Waals surface area contributed by atoms with Crippen LogP contribution >= 0.6 is 0 Å². The van der Waals surface area contributed by atoms with Crippen molar-refractivity contribution in [3.05, 3.63) is 22.5 Å². The minimum Gasteiger partial charge on any atom is -0.355 e. The predicted octanol–water partition coefficient (Wildman–Crippen LogP) is -0.580. The van der Waals surface area contributed by atoms with Gasteiger partial charge in [-0.3, -0.25) is 14.4 Å². The van der Waals surface area contributed by atoms with Crippen LogP contribution in [0.2, 0.25) is 0 Å². The zero-order valence-corrected chi connectivity index (χ0v) is 12.9. The van der Waals surface area contributed by atoms with E-state index in [0.717, 1.165) is 17.1 Å². The molecule has 1 aromatic heterocycles. The fourth-order valence-electron chi connectivity index (χ4n) is 3.02. The molecule has 6 nitrogen and oxygen atoms in total. The number of piperazine rings is 1. The third-order valence-corrected chi connectivity index (χ3v) is 4.20. The van der Waals surface area contributed by atoms with Crippen molar-refractivity contribution in [2.24, 2.45) is 0 Å². The molecular weight excluding hydrogens is 270 g/mol. The van der Waals surface area contributed by atoms with Crippen molar-refractivity contribution >= 4 is 17.5 Å². The van der Waals surface area contributed by atoms with Gasteiger partial charge in [-0.05, 0) is 33.3 Å². The number of nitrogens with one attached hydrogen (secondary N) is 3. The van der Waals surface area contributed by atoms with Gasteiger partial charge in [0.2, 0.25) is 5.78 Å². The molecule has 0 spiro atoms. The maximum Gasteiger partial charge on any atom is 0.275 e. The lowest BCUT2D eigenvalue weighted by molar-refractivity contribution is -0.907. The van der Waals surface area contributed by atoms with E-state index in [1.165, 1.54) is 6.92 Å². The minimum absolute atomic E-state index is 0.0280. The highest BCUT2D eigenvalue weighted by molar-refractivity contribution is 6.04. The van der Waals surface area contributed by atoms with E-state index in [1.54, 1.807) is 13.8 Å². The Balaban J connectivity index is 2.25. The number of carbonyl (C=O) groups excluding carboxylic acids is 3. The number of hydrogen-bond donors (Lipinski definition) is 3. The van der Waals surface area contributed by atoms with E-state index in [1.807, 2.05) is 6.92 Å². The molecule has 21 heavy (non-hydrogen) atoms. The summed E-state index contributed by atoms with van der Waals surface area (Å²) >= 11 is 0. The Kier molecular flexibility index (Phi) is 4.27. The van der Waals surface area contributed by atoms with Gasteiger partial charge in [0.05, 0.1) is 18.8 Å². The van der Waals surface area contributed by atoms with Crippen molar-refractivity contribution in [2.45, 2.75) is 33.7 Å². The first kappa shape index (κ1) is 15.4. The predicted molar refractivity (Wildman–Crippen MR) is 77.8 cm³/mol. The van der Waals surface area contributed by atoms with Gasteiger partial charge in [0.1, 0.15) is 0 Å². The second kappa shape index (κ2) is 5.81. The van der Waals surface area contributed by atoms with Gasteiger partial charge in [-0.2, -0.15) is 0 Å². The standard InChI is InChI=1S/C15H21N3O3/c1-8-13(11(4)19)9(2)17-14(8)15(21)10(3)18-6-5-16-12(20)7-18/h10,17H,5-7H2,1-4H3,(H,16,20)/p+1/t10-/m0/s1. The molecule has 3 N–H and O–H groups in total. The van der Waals surface area contributed by atoms with Gasteiger partial charge in [0.15, 0.2) is 18.4 Å². The molecule has 1 amide bonds. The second-order valence-corrected chi connectivity index (χ2v) is 5.70. The molecule has 1 saturated heterocycles. The van der Waals surface area contributed by atoms with Crippen molar-refractivity contribution < 1.29 is 19.3 Å². The van der Waals surface area contributed by atoms with Crippen LogP contribution in [0.1, 0.15) is 46.0 Å². The van der Waals surface area contributed by atoms with Gasteiger partial charge in [-0.1, -0.05) is 0 Å². The number of amides is 1. The van der Waals surface area contributed by atoms with Crippen molar-refractivity contribution in [2.75, 3.05) is 19.6 Å². The zero-order chi connectivity index (χ0) is 15.7. The Morgan fingerprint density at radius 2 is 1.95 bits per heavy atom. The Morgan fingerprint density at radius 3 is 2.48 bits per heavy atom. The zero-order valence-electron chi connectivity index (χ0n) is 12.9. The lowest BCUT2D eigenvalue weighted by Crippen LogP contribution is -3.19. The average Bonchev–Trinajstić information content (AvgIpc) is 2.72. The molecule has 114 valence electrons. The summed E-state index contributed by atoms with van der Waals surface area (Å²) in [5.74, 6) is -0.120. The van der Waals surface area contributed by atoms with Crippen LogP contribution in [0.4, 0.5) is 0 Å². The summed E-state index contributed by atoms with van der Waals surface area (Å²) in [6.45, 7) is 8.56. The fraction of sp³-hybridized carbons (Fsp3) is 0.533. The Bertz CT molecular complexity index is 604. The monoisotopic (exact) mass is 292 g/mol. The summed E-state index contributed by atoms with van der Waals surface area (Å²) in [6, 6.07) is -0.312. The summed E-state index contributed by atoms with van der Waals surface area (Å²) < 4.78 is 0. The molecule has 1 aliphatic heterocycles. The normalized spacial score (nSPS) is 20.0. The lowest BCUT2D eigenvalue weighted by Gasteiger charge is -2.28. The summed E-state index contributed by atoms with van der Waals surface area (Å²) in [5, 5.41) is 2.76. The Morgan fingerprint density at radius 1 is 1.29 bits per heavy atom. The molecule has 2 rings (SSSR count). The fourth-order valence-corrected chi connectivity index (χ4v) is 3.02. The maximum atomic E-state index is 12.7. The van der Waals surface area contributed by atoms with Crippen molar-refractivity contribution in [1.29, 1.82) is 0 Å². The van der Waals surface area contributed by atoms with Crippen LogP contribution < -0.4 is 10.2 Å². The third-order valence-electron chi connectivity index (χ3n) is 4.20. The van der Waals surface area contributed by atoms with Gasteiger partial charge in [-0.25, -0.2) is 0 Å². The van der Waals surface area contributed by atoms with Crippen molar-refractivity contribution in [3.63, 3.8) is 0 Å². The van der Waals surface area contributed by atoms with Gasteiger partial charge in [-0.15, -0.1) is 0 Å². The number of aromatic amines is 1. The summed E-state index contributed by atoms with van der Waals surface area (Å²) in [7, 11) is 0. The molecule has 0 radical (unpaired) electrons. The molecule has 6 heteroatoms. The first-order chi connectivity index (χ1) is 9.82. The number of aryl methyl sites for hydroxylation is 1. The second-order valence-electron chi connectivity index (χ2n) is 5.70. The Labute approximate surface area is 123 Å². The highest BCUT2D eigenvalue weighted by atomic mass is 16.2. The SMILES string of the molecule is CC(=O)c1c(C)[nH]c(C(=O)[C@H](C)[NH+]2CCNC(=O)C2)c1C. The van der Waals surface area contributed by atoms with E-state index in [-0.39, 0.29) is 23.5 Å². The minimum atomic E-state index is -0.312. The van der Waals surface area contributed by atoms with Crippen molar-refractivity contribution in [1.82, 2.24) is 10.3 Å². The Hall–Kier alpha value is -1.95. The number of quaternary nitrogens is 1. The van der Waals surface area contributed by atoms with Crippen LogP contribution in [0.5, 0.6) is 0 Å². The number of H-pyrrole nitrogens is 1. The number of ketones is 2. The van der Waals surface area contributed by atoms with Gasteiger partial charge >= 0.3 is 0 Å². The molecule has 0 bridgehead atoms. The van der Waals surface area contributed by atoms with E-state index in [4.69, 9.17) is 0 Å². The van der Waals surface area contributed by atoms with Crippen LogP contribution in [-0.2, 0) is 4.79 Å². The maximum absolute atomic E-state index is 12.7. The molecule has 0 saturated carbocycles. The molecule has 2 heterocycles. The third kappa shape index (κ3) is 2.90. The molecular formula is C15H22N3O3+. The van der Waals surface area contributed by atoms with Gasteiger partial charge in [0.25, 0.3) is 5.91 Å². The number of rotatable bonds is 4. The first-order valence-corrected chi connectivity index (χ1v) is 7.18. The van der Waals surface area contributed by atoms with E-state index in [2.05, 4.69) is 10.3 Å². The molecule has 1 aromatic rings. The average molecular weight is 292 g/mol. The number of aromatic nitrogens is 1. The van der Waals surface area contributed by atoms with Crippen LogP contribution in [0.25, 0.3) is 0 Å². The first-order valence-electron chi connectivity index (χ1n) is 7.18. The lowest BCUT2D eigenvalue weighted by atomic mass is 10.0. The molecule has 0 aromatic carbocycles.